The number of nitrogens with zero attached hydrogens (tertiary/aromatic N) is 2. The number of anilines is 1. The molecule has 1 saturated heterocycles. The molecule has 0 amide bonds. The van der Waals surface area contributed by atoms with Crippen LogP contribution >= 0.6 is 23.6 Å². The van der Waals surface area contributed by atoms with Gasteiger partial charge in [0.15, 0.2) is 10.7 Å². The number of fused-ring (bicyclic) bond motifs is 1. The lowest BCUT2D eigenvalue weighted by Gasteiger charge is -2.20. The number of nitrogens with one attached hydrogen (secondary N) is 1. The largest absolute Gasteiger partial charge is 0.459 e. The average Bonchev–Trinajstić information content (AvgIpc) is 3.43. The molecule has 0 spiro atoms. The smallest absolute Gasteiger partial charge is 0.338 e. The number of esters is 1. The number of aromatic nitrogens is 3. The standard InChI is InChI=1S/C25H22N4O6S2/c26-24-27-20-19(21(30)28-24)37-25(32)29(20)22-15(12-18(36)34-16-9-5-2-6-10-16)11-17(35-22)13-33-23(31)14-7-3-1-4-8-14/h1-10,15,17,22H,11-13H2,(H3,26,27,28,30)/t15-,17-,22+/m0/s1. The first-order valence-electron chi connectivity index (χ1n) is 11.4. The molecule has 0 unspecified atom stereocenters. The van der Waals surface area contributed by atoms with E-state index in [1.165, 1.54) is 4.57 Å². The molecule has 0 radical (unpaired) electrons. The van der Waals surface area contributed by atoms with Gasteiger partial charge >= 0.3 is 10.8 Å². The van der Waals surface area contributed by atoms with E-state index in [9.17, 15) is 14.4 Å². The monoisotopic (exact) mass is 538 g/mol. The molecule has 3 heterocycles. The fourth-order valence-electron chi connectivity index (χ4n) is 4.25. The molecule has 12 heteroatoms. The first kappa shape index (κ1) is 24.8. The van der Waals surface area contributed by atoms with Crippen LogP contribution in [0, 0.1) is 5.92 Å². The van der Waals surface area contributed by atoms with E-state index in [1.54, 1.807) is 42.5 Å². The third kappa shape index (κ3) is 5.45. The molecule has 10 nitrogen and oxygen atoms in total. The van der Waals surface area contributed by atoms with Gasteiger partial charge in [-0.1, -0.05) is 47.7 Å². The number of carbonyl (C=O) groups excluding carboxylic acids is 1. The number of rotatable bonds is 7. The quantitative estimate of drug-likeness (QED) is 0.268. The second kappa shape index (κ2) is 10.6. The van der Waals surface area contributed by atoms with Crippen LogP contribution in [0.4, 0.5) is 5.95 Å². The van der Waals surface area contributed by atoms with Crippen LogP contribution in [0.25, 0.3) is 10.3 Å². The van der Waals surface area contributed by atoms with Crippen LogP contribution in [-0.4, -0.2) is 38.3 Å². The minimum atomic E-state index is -0.826. The molecule has 1 aliphatic heterocycles. The highest BCUT2D eigenvalue weighted by molar-refractivity contribution is 7.80. The maximum atomic E-state index is 13.0. The maximum absolute atomic E-state index is 13.0. The lowest BCUT2D eigenvalue weighted by Crippen LogP contribution is -2.27. The molecule has 3 atom stereocenters. The van der Waals surface area contributed by atoms with E-state index in [4.69, 9.17) is 32.2 Å². The summed E-state index contributed by atoms with van der Waals surface area (Å²) in [5.41, 5.74) is 5.79. The molecule has 3 N–H and O–H groups in total. The fourth-order valence-corrected chi connectivity index (χ4v) is 5.41. The zero-order chi connectivity index (χ0) is 25.9. The molecule has 0 saturated carbocycles. The zero-order valence-electron chi connectivity index (χ0n) is 19.4. The van der Waals surface area contributed by atoms with E-state index in [0.717, 1.165) is 11.3 Å². The van der Waals surface area contributed by atoms with Crippen molar-refractivity contribution >= 4 is 50.9 Å². The number of benzene rings is 2. The number of para-hydroxylation sites is 1. The number of nitrogen functional groups attached to an aromatic ring is 1. The van der Waals surface area contributed by atoms with Crippen molar-refractivity contribution in [3.8, 4) is 5.75 Å². The van der Waals surface area contributed by atoms with Gasteiger partial charge < -0.3 is 19.9 Å². The number of thiocarbonyl (C=S) groups is 1. The van der Waals surface area contributed by atoms with Gasteiger partial charge in [0.25, 0.3) is 5.56 Å². The van der Waals surface area contributed by atoms with E-state index < -0.39 is 28.7 Å². The van der Waals surface area contributed by atoms with Crippen molar-refractivity contribution < 1.29 is 19.0 Å². The summed E-state index contributed by atoms with van der Waals surface area (Å²) < 4.78 is 19.0. The molecule has 1 aliphatic rings. The number of carbonyl (C=O) groups is 1. The highest BCUT2D eigenvalue weighted by atomic mass is 32.1. The van der Waals surface area contributed by atoms with Gasteiger partial charge in [0.1, 0.15) is 23.3 Å². The summed E-state index contributed by atoms with van der Waals surface area (Å²) in [4.78, 5) is 44.0. The highest BCUT2D eigenvalue weighted by Gasteiger charge is 2.40. The van der Waals surface area contributed by atoms with Crippen LogP contribution in [0.3, 0.4) is 0 Å². The normalized spacial score (nSPS) is 19.1. The number of H-pyrrole nitrogens is 1. The maximum Gasteiger partial charge on any atom is 0.338 e. The zero-order valence-corrected chi connectivity index (χ0v) is 21.0. The van der Waals surface area contributed by atoms with Crippen molar-refractivity contribution in [3.63, 3.8) is 0 Å². The van der Waals surface area contributed by atoms with Crippen molar-refractivity contribution in [1.29, 1.82) is 0 Å². The summed E-state index contributed by atoms with van der Waals surface area (Å²) in [7, 11) is 0. The van der Waals surface area contributed by atoms with Gasteiger partial charge in [-0.25, -0.2) is 4.79 Å². The third-order valence-corrected chi connectivity index (χ3v) is 7.05. The van der Waals surface area contributed by atoms with Gasteiger partial charge in [0.2, 0.25) is 5.95 Å². The summed E-state index contributed by atoms with van der Waals surface area (Å²) in [6, 6.07) is 17.7. The molecule has 2 aromatic heterocycles. The SMILES string of the molecule is Nc1nc2c(sc(=O)n2[C@@H]2O[C@H](COC(=O)c3ccccc3)C[C@H]2CC(=S)Oc2ccccc2)c(=O)[nH]1. The Balaban J connectivity index is 1.40. The Morgan fingerprint density at radius 1 is 1.16 bits per heavy atom. The topological polar surface area (TPSA) is 139 Å². The molecule has 2 aromatic carbocycles. The Bertz CT molecular complexity index is 1550. The summed E-state index contributed by atoms with van der Waals surface area (Å²) in [5.74, 6) is -0.328. The molecule has 37 heavy (non-hydrogen) atoms. The Morgan fingerprint density at radius 3 is 2.59 bits per heavy atom. The Labute approximate surface area is 219 Å². The number of aromatic amines is 1. The van der Waals surface area contributed by atoms with Crippen LogP contribution in [0.1, 0.15) is 29.4 Å². The summed E-state index contributed by atoms with van der Waals surface area (Å²) in [6.45, 7) is -0.0278. The van der Waals surface area contributed by atoms with E-state index in [1.807, 2.05) is 18.2 Å². The Kier molecular flexibility index (Phi) is 7.12. The Morgan fingerprint density at radius 2 is 1.86 bits per heavy atom. The van der Waals surface area contributed by atoms with Crippen LogP contribution < -0.4 is 20.9 Å². The minimum Gasteiger partial charge on any atom is -0.459 e. The van der Waals surface area contributed by atoms with E-state index in [-0.39, 0.29) is 35.2 Å². The highest BCUT2D eigenvalue weighted by Crippen LogP contribution is 2.38. The molecular formula is C25H22N4O6S2. The first-order valence-corrected chi connectivity index (χ1v) is 12.7. The second-order valence-corrected chi connectivity index (χ2v) is 9.86. The fraction of sp³-hybridized carbons (Fsp3) is 0.240. The van der Waals surface area contributed by atoms with Crippen molar-refractivity contribution in [2.75, 3.05) is 12.3 Å². The van der Waals surface area contributed by atoms with Crippen LogP contribution in [-0.2, 0) is 9.47 Å². The number of thiazole rings is 1. The van der Waals surface area contributed by atoms with E-state index in [0.29, 0.717) is 22.8 Å². The van der Waals surface area contributed by atoms with Crippen molar-refractivity contribution in [2.24, 2.45) is 5.92 Å². The Hall–Kier alpha value is -3.87. The van der Waals surface area contributed by atoms with Crippen LogP contribution in [0.15, 0.2) is 70.3 Å². The number of hydrogen-bond donors (Lipinski definition) is 2. The average molecular weight is 539 g/mol. The molecule has 5 rings (SSSR count). The molecule has 4 aromatic rings. The van der Waals surface area contributed by atoms with Gasteiger partial charge in [0, 0.05) is 12.3 Å². The van der Waals surface area contributed by atoms with Gasteiger partial charge in [-0.05, 0) is 42.9 Å². The predicted octanol–water partition coefficient (Wildman–Crippen LogP) is 3.29. The van der Waals surface area contributed by atoms with Gasteiger partial charge in [-0.2, -0.15) is 4.98 Å². The van der Waals surface area contributed by atoms with Crippen molar-refractivity contribution in [1.82, 2.24) is 14.5 Å². The first-order chi connectivity index (χ1) is 17.9. The summed E-state index contributed by atoms with van der Waals surface area (Å²) in [5, 5.41) is 0.310. The van der Waals surface area contributed by atoms with E-state index >= 15 is 0 Å². The van der Waals surface area contributed by atoms with Crippen LogP contribution in [0.2, 0.25) is 0 Å². The lowest BCUT2D eigenvalue weighted by molar-refractivity contribution is -0.0392. The summed E-state index contributed by atoms with van der Waals surface area (Å²) >= 11 is 6.25. The van der Waals surface area contributed by atoms with Gasteiger partial charge in [0.05, 0.1) is 11.7 Å². The van der Waals surface area contributed by atoms with Crippen LogP contribution in [0.5, 0.6) is 5.75 Å². The van der Waals surface area contributed by atoms with Gasteiger partial charge in [-0.3, -0.25) is 19.1 Å². The predicted molar refractivity (Wildman–Crippen MR) is 142 cm³/mol. The molecule has 1 fully saturated rings. The van der Waals surface area contributed by atoms with Gasteiger partial charge in [-0.15, -0.1) is 0 Å². The number of ether oxygens (including phenoxy) is 3. The lowest BCUT2D eigenvalue weighted by atomic mass is 9.99. The molecular weight excluding hydrogens is 516 g/mol. The molecule has 0 bridgehead atoms. The number of nitrogens with two attached hydrogens (primary N) is 1. The third-order valence-electron chi connectivity index (χ3n) is 5.86. The van der Waals surface area contributed by atoms with Crippen molar-refractivity contribution in [3.05, 3.63) is 86.2 Å². The minimum absolute atomic E-state index is 0.0278. The van der Waals surface area contributed by atoms with Crippen molar-refractivity contribution in [2.45, 2.75) is 25.2 Å². The number of hydrogen-bond acceptors (Lipinski definition) is 10. The van der Waals surface area contributed by atoms with E-state index in [2.05, 4.69) is 9.97 Å². The molecule has 0 aliphatic carbocycles. The summed E-state index contributed by atoms with van der Waals surface area (Å²) in [6.07, 6.45) is -0.649. The molecule has 190 valence electrons. The second-order valence-electron chi connectivity index (χ2n) is 8.44.